The summed E-state index contributed by atoms with van der Waals surface area (Å²) in [5.74, 6) is -1.18. The molecule has 0 saturated carbocycles. The number of pyridine rings is 1. The Morgan fingerprint density at radius 3 is 2.55 bits per heavy atom. The van der Waals surface area contributed by atoms with E-state index in [0.29, 0.717) is 46.8 Å². The van der Waals surface area contributed by atoms with Crippen LogP contribution in [0.4, 0.5) is 8.78 Å². The van der Waals surface area contributed by atoms with Gasteiger partial charge in [0.1, 0.15) is 24.1 Å². The van der Waals surface area contributed by atoms with Crippen LogP contribution in [0.15, 0.2) is 72.8 Å². The smallest absolute Gasteiger partial charge is 0.335 e. The number of carboxylic acid groups (broad SMARTS) is 1. The van der Waals surface area contributed by atoms with Gasteiger partial charge in [-0.05, 0) is 48.0 Å². The number of carbonyl (C=O) groups is 1. The zero-order valence-electron chi connectivity index (χ0n) is 24.1. The second-order valence-corrected chi connectivity index (χ2v) is 11.5. The summed E-state index contributed by atoms with van der Waals surface area (Å²) in [5, 5.41) is 18.5. The third-order valence-electron chi connectivity index (χ3n) is 7.93. The summed E-state index contributed by atoms with van der Waals surface area (Å²) in [6, 6.07) is 20.7. The number of benzene rings is 3. The predicted octanol–water partition coefficient (Wildman–Crippen LogP) is 6.54. The third-order valence-corrected chi connectivity index (χ3v) is 7.93. The highest BCUT2D eigenvalue weighted by Gasteiger charge is 2.40. The summed E-state index contributed by atoms with van der Waals surface area (Å²) in [5.41, 5.74) is 3.31. The Morgan fingerprint density at radius 2 is 1.86 bits per heavy atom. The molecule has 3 aromatic carbocycles. The Bertz CT molecular complexity index is 1950. The van der Waals surface area contributed by atoms with Crippen LogP contribution in [0.2, 0.25) is 0 Å². The van der Waals surface area contributed by atoms with Gasteiger partial charge < -0.3 is 19.1 Å². The Kier molecular flexibility index (Phi) is 7.57. The van der Waals surface area contributed by atoms with Gasteiger partial charge in [0.05, 0.1) is 53.2 Å². The van der Waals surface area contributed by atoms with Crippen LogP contribution in [0.3, 0.4) is 0 Å². The molecule has 6 rings (SSSR count). The molecule has 0 aliphatic carbocycles. The number of aromatic carboxylic acids is 1. The van der Waals surface area contributed by atoms with Crippen LogP contribution >= 0.6 is 0 Å². The number of hydrogen-bond donors (Lipinski definition) is 1. The number of imidazole rings is 1. The molecule has 0 spiro atoms. The second kappa shape index (κ2) is 11.5. The summed E-state index contributed by atoms with van der Waals surface area (Å²) in [6.45, 7) is 5.23. The van der Waals surface area contributed by atoms with E-state index in [1.165, 1.54) is 24.3 Å². The zero-order chi connectivity index (χ0) is 31.0. The van der Waals surface area contributed by atoms with Crippen molar-refractivity contribution in [3.8, 4) is 23.2 Å². The van der Waals surface area contributed by atoms with Crippen LogP contribution in [0.5, 0.6) is 5.88 Å². The van der Waals surface area contributed by atoms with Gasteiger partial charge in [-0.1, -0.05) is 38.1 Å². The summed E-state index contributed by atoms with van der Waals surface area (Å²) >= 11 is 0. The zero-order valence-corrected chi connectivity index (χ0v) is 24.1. The summed E-state index contributed by atoms with van der Waals surface area (Å²) < 4.78 is 43.2. The molecule has 10 heteroatoms. The fourth-order valence-electron chi connectivity index (χ4n) is 5.21. The van der Waals surface area contributed by atoms with E-state index >= 15 is 4.39 Å². The van der Waals surface area contributed by atoms with Gasteiger partial charge in [-0.25, -0.2) is 23.5 Å². The molecule has 1 aliphatic heterocycles. The van der Waals surface area contributed by atoms with Crippen molar-refractivity contribution in [1.29, 1.82) is 5.26 Å². The molecule has 2 aromatic heterocycles. The van der Waals surface area contributed by atoms with Gasteiger partial charge in [0.25, 0.3) is 0 Å². The molecule has 3 heterocycles. The molecule has 1 saturated heterocycles. The van der Waals surface area contributed by atoms with Crippen molar-refractivity contribution >= 4 is 17.0 Å². The molecule has 44 heavy (non-hydrogen) atoms. The van der Waals surface area contributed by atoms with E-state index in [1.54, 1.807) is 42.5 Å². The molecule has 1 N–H and O–H groups in total. The Balaban J connectivity index is 1.24. The van der Waals surface area contributed by atoms with Crippen molar-refractivity contribution in [1.82, 2.24) is 14.5 Å². The average Bonchev–Trinajstić information content (AvgIpc) is 3.35. The first-order valence-corrected chi connectivity index (χ1v) is 14.0. The molecular weight excluding hydrogens is 566 g/mol. The fraction of sp³-hybridized carbons (Fsp3) is 0.235. The summed E-state index contributed by atoms with van der Waals surface area (Å²) in [7, 11) is 0. The number of halogens is 2. The van der Waals surface area contributed by atoms with Gasteiger partial charge in [-0.2, -0.15) is 5.26 Å². The Hall–Kier alpha value is -5.14. The third kappa shape index (κ3) is 5.74. The number of hydrogen-bond acceptors (Lipinski definition) is 6. The molecule has 1 fully saturated rings. The van der Waals surface area contributed by atoms with Crippen LogP contribution in [0, 0.1) is 28.4 Å². The van der Waals surface area contributed by atoms with Gasteiger partial charge in [-0.15, -0.1) is 0 Å². The van der Waals surface area contributed by atoms with Crippen LogP contribution in [-0.2, 0) is 24.3 Å². The lowest BCUT2D eigenvalue weighted by atomic mass is 9.82. The molecule has 0 amide bonds. The van der Waals surface area contributed by atoms with Crippen LogP contribution < -0.4 is 4.74 Å². The molecule has 1 atom stereocenters. The normalized spacial score (nSPS) is 15.5. The minimum absolute atomic E-state index is 0.0490. The van der Waals surface area contributed by atoms with Crippen molar-refractivity contribution in [2.24, 2.45) is 5.41 Å². The van der Waals surface area contributed by atoms with Crippen molar-refractivity contribution in [3.05, 3.63) is 113 Å². The predicted molar refractivity (Wildman–Crippen MR) is 158 cm³/mol. The minimum Gasteiger partial charge on any atom is -0.478 e. The molecule has 1 unspecified atom stereocenters. The number of carboxylic acids is 1. The van der Waals surface area contributed by atoms with E-state index < -0.39 is 17.6 Å². The maximum atomic E-state index is 15.6. The highest BCUT2D eigenvalue weighted by molar-refractivity contribution is 5.92. The van der Waals surface area contributed by atoms with Crippen molar-refractivity contribution in [3.63, 3.8) is 0 Å². The SMILES string of the molecule is CC1(C)COC1Cn1c(Cc2ccc(-c3cccc(OCc4ccc(C#N)cc4F)n3)cc2F)nc2ccc(C(=O)O)cc21. The second-order valence-electron chi connectivity index (χ2n) is 11.5. The fourth-order valence-corrected chi connectivity index (χ4v) is 5.21. The number of nitrogens with zero attached hydrogens (tertiary/aromatic N) is 4. The standard InChI is InChI=1S/C34H28F2N4O4/c1-34(2)19-44-30(34)17-40-29-14-23(33(41)42)10-11-28(29)38-31(40)15-21-8-9-22(13-26(21)36)27-4-3-5-32(39-27)43-18-24-7-6-20(16-37)12-25(24)35/h3-14,30H,15,17-19H2,1-2H3,(H,41,42). The topological polar surface area (TPSA) is 110 Å². The Morgan fingerprint density at radius 1 is 1.07 bits per heavy atom. The number of nitriles is 1. The number of aromatic nitrogens is 3. The van der Waals surface area contributed by atoms with Gasteiger partial charge >= 0.3 is 5.97 Å². The first-order valence-electron chi connectivity index (χ1n) is 14.0. The monoisotopic (exact) mass is 594 g/mol. The molecule has 0 radical (unpaired) electrons. The van der Waals surface area contributed by atoms with Crippen molar-refractivity contribution < 1.29 is 28.2 Å². The van der Waals surface area contributed by atoms with E-state index in [2.05, 4.69) is 18.8 Å². The first kappa shape index (κ1) is 29.0. The summed E-state index contributed by atoms with van der Waals surface area (Å²) in [6.07, 6.45) is 0.0941. The highest BCUT2D eigenvalue weighted by Crippen LogP contribution is 2.36. The molecule has 0 bridgehead atoms. The maximum Gasteiger partial charge on any atom is 0.335 e. The van der Waals surface area contributed by atoms with Gasteiger partial charge in [-0.3, -0.25) is 0 Å². The van der Waals surface area contributed by atoms with E-state index in [9.17, 15) is 14.3 Å². The van der Waals surface area contributed by atoms with Crippen molar-refractivity contribution in [2.75, 3.05) is 6.61 Å². The molecule has 1 aliphatic rings. The van der Waals surface area contributed by atoms with Crippen LogP contribution in [-0.4, -0.2) is 38.3 Å². The van der Waals surface area contributed by atoms with Gasteiger partial charge in [0.2, 0.25) is 5.88 Å². The maximum absolute atomic E-state index is 15.6. The highest BCUT2D eigenvalue weighted by atomic mass is 19.1. The average molecular weight is 595 g/mol. The van der Waals surface area contributed by atoms with Gasteiger partial charge in [0.15, 0.2) is 0 Å². The quantitative estimate of drug-likeness (QED) is 0.206. The van der Waals surface area contributed by atoms with E-state index in [1.807, 2.05) is 10.6 Å². The molecular formula is C34H28F2N4O4. The minimum atomic E-state index is -1.03. The first-order chi connectivity index (χ1) is 21.1. The van der Waals surface area contributed by atoms with Crippen LogP contribution in [0.1, 0.15) is 46.7 Å². The number of fused-ring (bicyclic) bond motifs is 1. The lowest BCUT2D eigenvalue weighted by Crippen LogP contribution is -2.49. The number of rotatable bonds is 9. The lowest BCUT2D eigenvalue weighted by Gasteiger charge is -2.44. The summed E-state index contributed by atoms with van der Waals surface area (Å²) in [4.78, 5) is 20.9. The van der Waals surface area contributed by atoms with Gasteiger partial charge in [0, 0.05) is 29.0 Å². The van der Waals surface area contributed by atoms with Crippen LogP contribution in [0.25, 0.3) is 22.3 Å². The van der Waals surface area contributed by atoms with E-state index in [-0.39, 0.29) is 47.1 Å². The number of ether oxygens (including phenoxy) is 2. The molecule has 222 valence electrons. The van der Waals surface area contributed by atoms with E-state index in [4.69, 9.17) is 19.7 Å². The lowest BCUT2D eigenvalue weighted by molar-refractivity contribution is -0.173. The molecule has 8 nitrogen and oxygen atoms in total. The Labute approximate surface area is 252 Å². The van der Waals surface area contributed by atoms with Crippen molar-refractivity contribution in [2.45, 2.75) is 39.5 Å². The largest absolute Gasteiger partial charge is 0.478 e. The van der Waals surface area contributed by atoms with E-state index in [0.717, 1.165) is 6.07 Å². The molecule has 5 aromatic rings.